The van der Waals surface area contributed by atoms with Gasteiger partial charge >= 0.3 is 0 Å². The lowest BCUT2D eigenvalue weighted by atomic mass is 10.2. The molecule has 1 aromatic rings. The van der Waals surface area contributed by atoms with Crippen molar-refractivity contribution in [2.24, 2.45) is 0 Å². The van der Waals surface area contributed by atoms with E-state index in [2.05, 4.69) is 10.3 Å². The third-order valence-corrected chi connectivity index (χ3v) is 3.97. The van der Waals surface area contributed by atoms with Gasteiger partial charge in [-0.25, -0.2) is 0 Å². The molecule has 1 amide bonds. The highest BCUT2D eigenvalue weighted by atomic mass is 32.2. The summed E-state index contributed by atoms with van der Waals surface area (Å²) in [5.74, 6) is 1.07. The summed E-state index contributed by atoms with van der Waals surface area (Å²) in [5.41, 5.74) is 0.944. The van der Waals surface area contributed by atoms with Gasteiger partial charge in [0.15, 0.2) is 0 Å². The van der Waals surface area contributed by atoms with Gasteiger partial charge < -0.3 is 10.3 Å². The molecule has 1 aliphatic rings. The number of aromatic amines is 1. The van der Waals surface area contributed by atoms with Crippen LogP contribution in [0.1, 0.15) is 28.9 Å². The first-order chi connectivity index (χ1) is 7.79. The number of rotatable bonds is 3. The van der Waals surface area contributed by atoms with E-state index in [4.69, 9.17) is 5.26 Å². The van der Waals surface area contributed by atoms with Crippen LogP contribution >= 0.6 is 11.8 Å². The number of hydrogen-bond acceptors (Lipinski definition) is 3. The molecule has 1 aliphatic heterocycles. The van der Waals surface area contributed by atoms with Crippen LogP contribution in [0.5, 0.6) is 0 Å². The van der Waals surface area contributed by atoms with Crippen molar-refractivity contribution < 1.29 is 4.79 Å². The average Bonchev–Trinajstić information content (AvgIpc) is 2.96. The molecule has 1 aromatic heterocycles. The second kappa shape index (κ2) is 5.08. The van der Waals surface area contributed by atoms with Crippen molar-refractivity contribution in [2.45, 2.75) is 18.1 Å². The molecule has 2 rings (SSSR count). The van der Waals surface area contributed by atoms with Crippen LogP contribution in [-0.2, 0) is 0 Å². The lowest BCUT2D eigenvalue weighted by molar-refractivity contribution is 0.0949. The van der Waals surface area contributed by atoms with E-state index < -0.39 is 0 Å². The largest absolute Gasteiger partial charge is 0.356 e. The first kappa shape index (κ1) is 11.1. The molecule has 0 aliphatic carbocycles. The Bertz CT molecular complexity index is 415. The molecule has 1 atom stereocenters. The van der Waals surface area contributed by atoms with Gasteiger partial charge in [0.1, 0.15) is 11.8 Å². The van der Waals surface area contributed by atoms with Crippen molar-refractivity contribution in [3.63, 3.8) is 0 Å². The molecular formula is C11H13N3OS. The molecule has 0 spiro atoms. The Morgan fingerprint density at radius 3 is 3.25 bits per heavy atom. The fourth-order valence-corrected chi connectivity index (χ4v) is 2.90. The van der Waals surface area contributed by atoms with E-state index in [0.717, 1.165) is 0 Å². The molecule has 2 N–H and O–H groups in total. The Balaban J connectivity index is 1.85. The quantitative estimate of drug-likeness (QED) is 0.834. The summed E-state index contributed by atoms with van der Waals surface area (Å²) in [6, 6.07) is 3.55. The van der Waals surface area contributed by atoms with Gasteiger partial charge in [-0.05, 0) is 24.7 Å². The Kier molecular flexibility index (Phi) is 3.52. The number of amides is 1. The normalized spacial score (nSPS) is 19.3. The molecule has 0 unspecified atom stereocenters. The van der Waals surface area contributed by atoms with Crippen molar-refractivity contribution >= 4 is 17.7 Å². The summed E-state index contributed by atoms with van der Waals surface area (Å²) in [5, 5.41) is 12.1. The zero-order valence-corrected chi connectivity index (χ0v) is 9.64. The van der Waals surface area contributed by atoms with E-state index in [1.54, 1.807) is 12.3 Å². The maximum atomic E-state index is 11.7. The molecule has 1 saturated heterocycles. The minimum absolute atomic E-state index is 0.131. The molecule has 1 fully saturated rings. The van der Waals surface area contributed by atoms with E-state index in [9.17, 15) is 4.79 Å². The average molecular weight is 235 g/mol. The van der Waals surface area contributed by atoms with Gasteiger partial charge in [-0.1, -0.05) is 0 Å². The highest BCUT2D eigenvalue weighted by Gasteiger charge is 2.17. The lowest BCUT2D eigenvalue weighted by Gasteiger charge is -2.08. The van der Waals surface area contributed by atoms with Gasteiger partial charge in [0, 0.05) is 18.0 Å². The molecule has 4 nitrogen and oxygen atoms in total. The van der Waals surface area contributed by atoms with Gasteiger partial charge in [0.2, 0.25) is 0 Å². The van der Waals surface area contributed by atoms with Crippen LogP contribution in [0.2, 0.25) is 0 Å². The Hall–Kier alpha value is -1.41. The molecule has 0 aromatic carbocycles. The molecule has 16 heavy (non-hydrogen) atoms. The number of carbonyl (C=O) groups excluding carboxylic acids is 1. The first-order valence-corrected chi connectivity index (χ1v) is 6.33. The Labute approximate surface area is 98.4 Å². The smallest absolute Gasteiger partial charge is 0.267 e. The standard InChI is InChI=1S/C11H13N3OS/c12-5-8-4-10(13-6-8)11(15)14-7-9-2-1-3-16-9/h4,6,9,13H,1-3,7H2,(H,14,15)/t9-/m1/s1. The van der Waals surface area contributed by atoms with Crippen LogP contribution < -0.4 is 5.32 Å². The number of nitrogens with one attached hydrogen (secondary N) is 2. The Morgan fingerprint density at radius 2 is 2.62 bits per heavy atom. The molecular weight excluding hydrogens is 222 g/mol. The fraction of sp³-hybridized carbons (Fsp3) is 0.455. The van der Waals surface area contributed by atoms with Crippen molar-refractivity contribution in [3.05, 3.63) is 23.5 Å². The minimum Gasteiger partial charge on any atom is -0.356 e. The number of aromatic nitrogens is 1. The maximum absolute atomic E-state index is 11.7. The number of hydrogen-bond donors (Lipinski definition) is 2. The zero-order valence-electron chi connectivity index (χ0n) is 8.82. The summed E-state index contributed by atoms with van der Waals surface area (Å²) >= 11 is 1.91. The number of H-pyrrole nitrogens is 1. The molecule has 0 bridgehead atoms. The monoisotopic (exact) mass is 235 g/mol. The number of nitrogens with zero attached hydrogens (tertiary/aromatic N) is 1. The molecule has 2 heterocycles. The van der Waals surface area contributed by atoms with E-state index >= 15 is 0 Å². The van der Waals surface area contributed by atoms with Crippen LogP contribution in [0.15, 0.2) is 12.3 Å². The third-order valence-electron chi connectivity index (χ3n) is 2.57. The van der Waals surface area contributed by atoms with Crippen molar-refractivity contribution in [2.75, 3.05) is 12.3 Å². The molecule has 0 saturated carbocycles. The van der Waals surface area contributed by atoms with Crippen LogP contribution in [0, 0.1) is 11.3 Å². The predicted molar refractivity (Wildman–Crippen MR) is 63.3 cm³/mol. The highest BCUT2D eigenvalue weighted by molar-refractivity contribution is 8.00. The van der Waals surface area contributed by atoms with Gasteiger partial charge in [0.05, 0.1) is 5.56 Å². The summed E-state index contributed by atoms with van der Waals surface area (Å²) in [6.45, 7) is 0.713. The van der Waals surface area contributed by atoms with Gasteiger partial charge in [0.25, 0.3) is 5.91 Å². The minimum atomic E-state index is -0.131. The molecule has 0 radical (unpaired) electrons. The molecule has 5 heteroatoms. The van der Waals surface area contributed by atoms with Crippen LogP contribution in [0.4, 0.5) is 0 Å². The summed E-state index contributed by atoms with van der Waals surface area (Å²) < 4.78 is 0. The SMILES string of the molecule is N#Cc1c[nH]c(C(=O)NC[C@H]2CCCS2)c1. The number of thioether (sulfide) groups is 1. The lowest BCUT2D eigenvalue weighted by Crippen LogP contribution is -2.29. The number of nitriles is 1. The zero-order chi connectivity index (χ0) is 11.4. The van der Waals surface area contributed by atoms with Crippen molar-refractivity contribution in [1.29, 1.82) is 5.26 Å². The topological polar surface area (TPSA) is 68.7 Å². The fourth-order valence-electron chi connectivity index (χ4n) is 1.70. The van der Waals surface area contributed by atoms with Gasteiger partial charge in [-0.3, -0.25) is 4.79 Å². The second-order valence-electron chi connectivity index (χ2n) is 3.76. The van der Waals surface area contributed by atoms with Crippen LogP contribution in [-0.4, -0.2) is 28.4 Å². The van der Waals surface area contributed by atoms with E-state index in [1.165, 1.54) is 18.6 Å². The van der Waals surface area contributed by atoms with Crippen molar-refractivity contribution in [1.82, 2.24) is 10.3 Å². The highest BCUT2D eigenvalue weighted by Crippen LogP contribution is 2.25. The first-order valence-electron chi connectivity index (χ1n) is 5.28. The summed E-state index contributed by atoms with van der Waals surface area (Å²) in [7, 11) is 0. The van der Waals surface area contributed by atoms with Gasteiger partial charge in [-0.15, -0.1) is 0 Å². The van der Waals surface area contributed by atoms with Gasteiger partial charge in [-0.2, -0.15) is 17.0 Å². The van der Waals surface area contributed by atoms with E-state index in [1.807, 2.05) is 17.8 Å². The number of carbonyl (C=O) groups is 1. The summed E-state index contributed by atoms with van der Waals surface area (Å²) in [6.07, 6.45) is 3.96. The van der Waals surface area contributed by atoms with Crippen LogP contribution in [0.25, 0.3) is 0 Å². The maximum Gasteiger partial charge on any atom is 0.267 e. The Morgan fingerprint density at radius 1 is 1.75 bits per heavy atom. The molecule has 84 valence electrons. The second-order valence-corrected chi connectivity index (χ2v) is 5.17. The van der Waals surface area contributed by atoms with Crippen LogP contribution in [0.3, 0.4) is 0 Å². The third kappa shape index (κ3) is 2.58. The predicted octanol–water partition coefficient (Wildman–Crippen LogP) is 1.51. The van der Waals surface area contributed by atoms with Crippen molar-refractivity contribution in [3.8, 4) is 6.07 Å². The van der Waals surface area contributed by atoms with E-state index in [0.29, 0.717) is 23.1 Å². The summed E-state index contributed by atoms with van der Waals surface area (Å²) in [4.78, 5) is 14.5. The van der Waals surface area contributed by atoms with E-state index in [-0.39, 0.29) is 5.91 Å².